The molecule has 0 heterocycles. The summed E-state index contributed by atoms with van der Waals surface area (Å²) in [5.41, 5.74) is 0. The lowest BCUT2D eigenvalue weighted by Gasteiger charge is -2.25. The summed E-state index contributed by atoms with van der Waals surface area (Å²) in [5, 5.41) is 9.74. The first-order valence-corrected chi connectivity index (χ1v) is 34.1. The SMILES string of the molecule is CC/C=C\C/C=C\C/C=C\C/C=C\C/C=C\C/C=C\CCCCCCCCCCCCCCCCC(=O)OC(COC(=O)CCCCCCCCCCCCCCCCCCCCCCCCC)COC(OCC[N+](C)(C)C)C(=O)O. The van der Waals surface area contributed by atoms with Gasteiger partial charge in [0.1, 0.15) is 13.2 Å². The van der Waals surface area contributed by atoms with E-state index in [1.807, 2.05) is 21.1 Å². The minimum atomic E-state index is -1.51. The van der Waals surface area contributed by atoms with E-state index < -0.39 is 24.3 Å². The van der Waals surface area contributed by atoms with Gasteiger partial charge >= 0.3 is 17.9 Å². The summed E-state index contributed by atoms with van der Waals surface area (Å²) in [6.07, 6.45) is 80.0. The van der Waals surface area contributed by atoms with Crippen LogP contribution < -0.4 is 0 Å². The van der Waals surface area contributed by atoms with Crippen molar-refractivity contribution in [1.29, 1.82) is 0 Å². The maximum absolute atomic E-state index is 12.9. The van der Waals surface area contributed by atoms with Crippen LogP contribution >= 0.6 is 0 Å². The van der Waals surface area contributed by atoms with Crippen LogP contribution in [0.25, 0.3) is 0 Å². The average Bonchev–Trinajstić information content (AvgIpc) is 3.44. The molecule has 0 rings (SSSR count). The zero-order valence-corrected chi connectivity index (χ0v) is 53.7. The largest absolute Gasteiger partial charge is 0.477 e. The highest BCUT2D eigenvalue weighted by Gasteiger charge is 2.25. The third-order valence-electron chi connectivity index (χ3n) is 15.0. The molecule has 9 nitrogen and oxygen atoms in total. The average molecular weight is 1140 g/mol. The molecule has 0 aliphatic rings. The number of nitrogens with zero attached hydrogens (tertiary/aromatic N) is 1. The fourth-order valence-corrected chi connectivity index (χ4v) is 9.79. The molecule has 0 spiro atoms. The van der Waals surface area contributed by atoms with Crippen molar-refractivity contribution in [2.75, 3.05) is 47.5 Å². The second kappa shape index (κ2) is 62.8. The van der Waals surface area contributed by atoms with E-state index in [0.717, 1.165) is 77.0 Å². The predicted molar refractivity (Wildman–Crippen MR) is 346 cm³/mol. The van der Waals surface area contributed by atoms with Gasteiger partial charge in [0.05, 0.1) is 34.4 Å². The number of unbranched alkanes of at least 4 members (excludes halogenated alkanes) is 36. The quantitative estimate of drug-likeness (QED) is 0.0211. The molecular formula is C72H130NO8+. The molecule has 0 bridgehead atoms. The van der Waals surface area contributed by atoms with Crippen molar-refractivity contribution >= 4 is 17.9 Å². The maximum Gasteiger partial charge on any atom is 0.361 e. The van der Waals surface area contributed by atoms with Crippen LogP contribution in [0.3, 0.4) is 0 Å². The molecule has 0 aromatic carbocycles. The Morgan fingerprint density at radius 3 is 1.05 bits per heavy atom. The van der Waals surface area contributed by atoms with E-state index in [2.05, 4.69) is 86.8 Å². The van der Waals surface area contributed by atoms with Gasteiger partial charge < -0.3 is 28.5 Å². The number of carbonyl (C=O) groups excluding carboxylic acids is 2. The van der Waals surface area contributed by atoms with Crippen LogP contribution in [0.4, 0.5) is 0 Å². The normalized spacial score (nSPS) is 13.1. The number of carboxylic acids is 1. The Kier molecular flexibility index (Phi) is 60.2. The Hall–Kier alpha value is -3.27. The number of hydrogen-bond donors (Lipinski definition) is 1. The summed E-state index contributed by atoms with van der Waals surface area (Å²) >= 11 is 0. The van der Waals surface area contributed by atoms with Gasteiger partial charge in [-0.3, -0.25) is 9.59 Å². The number of likely N-dealkylation sites (N-methyl/N-ethyl adjacent to an activating group) is 1. The highest BCUT2D eigenvalue weighted by atomic mass is 16.7. The topological polar surface area (TPSA) is 108 Å². The molecule has 2 unspecified atom stereocenters. The third-order valence-corrected chi connectivity index (χ3v) is 15.0. The van der Waals surface area contributed by atoms with E-state index >= 15 is 0 Å². The number of allylic oxidation sites excluding steroid dienone is 12. The fourth-order valence-electron chi connectivity index (χ4n) is 9.79. The van der Waals surface area contributed by atoms with Crippen LogP contribution in [0.2, 0.25) is 0 Å². The molecule has 0 aliphatic heterocycles. The molecule has 0 aromatic heterocycles. The van der Waals surface area contributed by atoms with E-state index in [-0.39, 0.29) is 32.2 Å². The Labute approximate surface area is 500 Å². The summed E-state index contributed by atoms with van der Waals surface area (Å²) < 4.78 is 23.0. The zero-order chi connectivity index (χ0) is 59.1. The highest BCUT2D eigenvalue weighted by Crippen LogP contribution is 2.18. The van der Waals surface area contributed by atoms with Gasteiger partial charge in [-0.2, -0.15) is 0 Å². The lowest BCUT2D eigenvalue weighted by Crippen LogP contribution is -2.40. The summed E-state index contributed by atoms with van der Waals surface area (Å²) in [6.45, 7) is 4.81. The van der Waals surface area contributed by atoms with Crippen LogP contribution in [0.15, 0.2) is 72.9 Å². The van der Waals surface area contributed by atoms with Crippen LogP contribution in [-0.4, -0.2) is 87.4 Å². The minimum Gasteiger partial charge on any atom is -0.477 e. The Balaban J connectivity index is 4.11. The molecule has 0 amide bonds. The highest BCUT2D eigenvalue weighted by molar-refractivity contribution is 5.71. The molecule has 0 aliphatic carbocycles. The first kappa shape index (κ1) is 77.7. The zero-order valence-electron chi connectivity index (χ0n) is 53.7. The number of carbonyl (C=O) groups is 3. The summed E-state index contributed by atoms with van der Waals surface area (Å²) in [5.74, 6) is -1.99. The monoisotopic (exact) mass is 1140 g/mol. The van der Waals surface area contributed by atoms with Gasteiger partial charge in [-0.25, -0.2) is 4.79 Å². The van der Waals surface area contributed by atoms with Gasteiger partial charge in [0.15, 0.2) is 6.10 Å². The van der Waals surface area contributed by atoms with E-state index in [1.54, 1.807) is 0 Å². The molecule has 0 saturated carbocycles. The van der Waals surface area contributed by atoms with Gasteiger partial charge in [-0.05, 0) is 64.2 Å². The first-order valence-electron chi connectivity index (χ1n) is 34.1. The van der Waals surface area contributed by atoms with Crippen molar-refractivity contribution in [2.24, 2.45) is 0 Å². The number of aliphatic carboxylic acids is 1. The van der Waals surface area contributed by atoms with Crippen molar-refractivity contribution in [3.8, 4) is 0 Å². The second-order valence-corrected chi connectivity index (χ2v) is 24.1. The third kappa shape index (κ3) is 64.1. The molecule has 0 fully saturated rings. The number of quaternary nitrogens is 1. The number of hydrogen-bond acceptors (Lipinski definition) is 7. The van der Waals surface area contributed by atoms with Gasteiger partial charge in [0, 0.05) is 12.8 Å². The van der Waals surface area contributed by atoms with Gasteiger partial charge in [-0.15, -0.1) is 0 Å². The second-order valence-electron chi connectivity index (χ2n) is 24.1. The van der Waals surface area contributed by atoms with Crippen molar-refractivity contribution in [3.05, 3.63) is 72.9 Å². The van der Waals surface area contributed by atoms with E-state index in [9.17, 15) is 19.5 Å². The Bertz CT molecular complexity index is 1560. The lowest BCUT2D eigenvalue weighted by atomic mass is 10.0. The Morgan fingerprint density at radius 2 is 0.704 bits per heavy atom. The van der Waals surface area contributed by atoms with Crippen molar-refractivity contribution in [3.63, 3.8) is 0 Å². The van der Waals surface area contributed by atoms with E-state index in [0.29, 0.717) is 17.4 Å². The number of carboxylic acid groups (broad SMARTS) is 1. The van der Waals surface area contributed by atoms with Crippen LogP contribution in [0, 0.1) is 0 Å². The number of rotatable bonds is 63. The van der Waals surface area contributed by atoms with Crippen molar-refractivity contribution in [1.82, 2.24) is 0 Å². The van der Waals surface area contributed by atoms with Crippen LogP contribution in [0.1, 0.15) is 309 Å². The van der Waals surface area contributed by atoms with E-state index in [1.165, 1.54) is 205 Å². The summed E-state index contributed by atoms with van der Waals surface area (Å²) in [7, 11) is 5.98. The minimum absolute atomic E-state index is 0.180. The predicted octanol–water partition coefficient (Wildman–Crippen LogP) is 20.9. The molecule has 470 valence electrons. The smallest absolute Gasteiger partial charge is 0.361 e. The van der Waals surface area contributed by atoms with Crippen LogP contribution in [-0.2, 0) is 33.3 Å². The number of ether oxygens (including phenoxy) is 4. The van der Waals surface area contributed by atoms with Crippen LogP contribution in [0.5, 0.6) is 0 Å². The standard InChI is InChI=1S/C72H129NO8/c1-6-8-10-12-14-16-18-20-22-24-26-28-30-31-32-33-34-35-36-37-38-39-41-43-45-47-49-51-53-55-57-59-61-63-70(75)81-68(67-80-72(71(76)77)78-65-64-73(3,4)5)66-79-69(74)62-60-58-56-54-52-50-48-46-44-42-40-29-27-25-23-21-19-17-15-13-11-9-7-2/h8,10,14,16,20,22,26,28,31-32,34-35,68,72H,6-7,9,11-13,15,17-19,21,23-25,27,29-30,33,36-67H2,1-5H3/p+1/b10-8-,16-14-,22-20-,28-26-,32-31-,35-34-. The lowest BCUT2D eigenvalue weighted by molar-refractivity contribution is -0.870. The summed E-state index contributed by atoms with van der Waals surface area (Å²) in [4.78, 5) is 37.6. The van der Waals surface area contributed by atoms with E-state index in [4.69, 9.17) is 18.9 Å². The molecule has 9 heteroatoms. The molecule has 1 N–H and O–H groups in total. The van der Waals surface area contributed by atoms with Gasteiger partial charge in [-0.1, -0.05) is 305 Å². The Morgan fingerprint density at radius 1 is 0.383 bits per heavy atom. The molecule has 0 aromatic rings. The molecule has 0 radical (unpaired) electrons. The molecular weight excluding hydrogens is 1010 g/mol. The molecule has 2 atom stereocenters. The molecule has 0 saturated heterocycles. The van der Waals surface area contributed by atoms with Crippen molar-refractivity contribution in [2.45, 2.75) is 322 Å². The fraction of sp³-hybridized carbons (Fsp3) is 0.792. The molecule has 81 heavy (non-hydrogen) atoms. The number of esters is 2. The maximum atomic E-state index is 12.9. The van der Waals surface area contributed by atoms with Gasteiger partial charge in [0.25, 0.3) is 6.29 Å². The van der Waals surface area contributed by atoms with Crippen molar-refractivity contribution < 1.29 is 42.9 Å². The first-order chi connectivity index (χ1) is 39.6. The van der Waals surface area contributed by atoms with Gasteiger partial charge in [0.2, 0.25) is 0 Å². The summed E-state index contributed by atoms with van der Waals surface area (Å²) in [6, 6.07) is 0.